The van der Waals surface area contributed by atoms with Crippen LogP contribution in [0.25, 0.3) is 0 Å². The van der Waals surface area contributed by atoms with Crippen molar-refractivity contribution in [2.24, 2.45) is 4.99 Å². The molecule has 2 aromatic rings. The van der Waals surface area contributed by atoms with Crippen LogP contribution in [0.1, 0.15) is 80.8 Å². The second-order valence-corrected chi connectivity index (χ2v) is 7.45. The summed E-state index contributed by atoms with van der Waals surface area (Å²) >= 11 is 0. The van der Waals surface area contributed by atoms with E-state index >= 15 is 0 Å². The Bertz CT molecular complexity index is 827. The molecule has 8 heteroatoms. The van der Waals surface area contributed by atoms with E-state index < -0.39 is 0 Å². The van der Waals surface area contributed by atoms with Crippen LogP contribution in [0.15, 0.2) is 39.8 Å². The summed E-state index contributed by atoms with van der Waals surface area (Å²) in [6.45, 7) is 13.6. The van der Waals surface area contributed by atoms with Gasteiger partial charge in [-0.2, -0.15) is 0 Å². The molecule has 0 unspecified atom stereocenters. The third-order valence-electron chi connectivity index (χ3n) is 5.43. The van der Waals surface area contributed by atoms with Gasteiger partial charge in [0.15, 0.2) is 11.7 Å². The molecular formula is C24H38IN5O2. The van der Waals surface area contributed by atoms with Crippen molar-refractivity contribution in [3.63, 3.8) is 0 Å². The predicted molar refractivity (Wildman–Crippen MR) is 141 cm³/mol. The van der Waals surface area contributed by atoms with Gasteiger partial charge in [0, 0.05) is 37.2 Å². The second kappa shape index (κ2) is 14.9. The standard InChI is InChI=1S/C24H37N5O2.HI/c1-6-19(7-2)22-15-21(31-28-22)17-27-24(25-8-3)26-16-18-11-13-20(14-12-18)23(30)29(9-4)10-5;/h11-15,19H,6-10,16-17H2,1-5H3,(H2,25,26,27);1H. The number of hydrogen-bond donors (Lipinski definition) is 2. The summed E-state index contributed by atoms with van der Waals surface area (Å²) in [5.41, 5.74) is 2.77. The second-order valence-electron chi connectivity index (χ2n) is 7.45. The first-order valence-corrected chi connectivity index (χ1v) is 11.4. The van der Waals surface area contributed by atoms with E-state index in [4.69, 9.17) is 4.52 Å². The van der Waals surface area contributed by atoms with Crippen LogP contribution in [0.5, 0.6) is 0 Å². The summed E-state index contributed by atoms with van der Waals surface area (Å²) in [6.07, 6.45) is 2.11. The molecule has 0 spiro atoms. The van der Waals surface area contributed by atoms with Gasteiger partial charge in [-0.3, -0.25) is 4.79 Å². The van der Waals surface area contributed by atoms with E-state index in [1.54, 1.807) is 0 Å². The summed E-state index contributed by atoms with van der Waals surface area (Å²) in [5, 5.41) is 10.8. The van der Waals surface area contributed by atoms with Crippen molar-refractivity contribution < 1.29 is 9.32 Å². The van der Waals surface area contributed by atoms with E-state index in [1.165, 1.54) is 0 Å². The number of aliphatic imine (C=N–C) groups is 1. The fourth-order valence-electron chi connectivity index (χ4n) is 3.44. The molecule has 2 N–H and O–H groups in total. The number of nitrogens with zero attached hydrogens (tertiary/aromatic N) is 3. The Morgan fingerprint density at radius 3 is 2.28 bits per heavy atom. The number of nitrogens with one attached hydrogen (secondary N) is 2. The van der Waals surface area contributed by atoms with Crippen molar-refractivity contribution in [1.82, 2.24) is 20.7 Å². The fourth-order valence-corrected chi connectivity index (χ4v) is 3.44. The summed E-state index contributed by atoms with van der Waals surface area (Å²) in [7, 11) is 0. The molecule has 1 aromatic heterocycles. The van der Waals surface area contributed by atoms with Crippen molar-refractivity contribution in [3.05, 3.63) is 52.9 Å². The highest BCUT2D eigenvalue weighted by molar-refractivity contribution is 14.0. The molecule has 0 saturated heterocycles. The van der Waals surface area contributed by atoms with Gasteiger partial charge in [0.25, 0.3) is 5.91 Å². The van der Waals surface area contributed by atoms with Gasteiger partial charge in [-0.25, -0.2) is 4.99 Å². The fraction of sp³-hybridized carbons (Fsp3) is 0.542. The molecule has 32 heavy (non-hydrogen) atoms. The number of benzene rings is 1. The van der Waals surface area contributed by atoms with E-state index in [-0.39, 0.29) is 29.9 Å². The number of hydrogen-bond acceptors (Lipinski definition) is 4. The first-order valence-electron chi connectivity index (χ1n) is 11.4. The predicted octanol–water partition coefficient (Wildman–Crippen LogP) is 4.93. The maximum atomic E-state index is 12.4. The number of carbonyl (C=O) groups is 1. The monoisotopic (exact) mass is 555 g/mol. The Balaban J connectivity index is 0.00000512. The van der Waals surface area contributed by atoms with Crippen LogP contribution < -0.4 is 10.6 Å². The molecule has 2 rings (SSSR count). The molecule has 0 aliphatic heterocycles. The lowest BCUT2D eigenvalue weighted by molar-refractivity contribution is 0.0773. The van der Waals surface area contributed by atoms with E-state index in [0.29, 0.717) is 43.6 Å². The molecule has 0 saturated carbocycles. The molecule has 1 heterocycles. The minimum atomic E-state index is 0. The summed E-state index contributed by atoms with van der Waals surface area (Å²) in [5.74, 6) is 2.02. The van der Waals surface area contributed by atoms with Crippen LogP contribution in [-0.2, 0) is 13.1 Å². The Kier molecular flexibility index (Phi) is 13.0. The van der Waals surface area contributed by atoms with Crippen LogP contribution in [0, 0.1) is 0 Å². The molecule has 0 aliphatic carbocycles. The van der Waals surface area contributed by atoms with Crippen LogP contribution in [0.4, 0.5) is 0 Å². The van der Waals surface area contributed by atoms with Crippen LogP contribution >= 0.6 is 24.0 Å². The van der Waals surface area contributed by atoms with Gasteiger partial charge in [-0.1, -0.05) is 31.1 Å². The third-order valence-corrected chi connectivity index (χ3v) is 5.43. The molecule has 0 fully saturated rings. The van der Waals surface area contributed by atoms with E-state index in [1.807, 2.05) is 56.0 Å². The third kappa shape index (κ3) is 8.11. The van der Waals surface area contributed by atoms with Gasteiger partial charge in [0.05, 0.1) is 18.8 Å². The first kappa shape index (κ1) is 27.9. The topological polar surface area (TPSA) is 82.8 Å². The quantitative estimate of drug-likeness (QED) is 0.233. The number of carbonyl (C=O) groups excluding carboxylic acids is 1. The lowest BCUT2D eigenvalue weighted by Gasteiger charge is -2.18. The molecule has 178 valence electrons. The van der Waals surface area contributed by atoms with Crippen molar-refractivity contribution >= 4 is 35.8 Å². The highest BCUT2D eigenvalue weighted by atomic mass is 127. The molecule has 0 atom stereocenters. The molecule has 0 aliphatic rings. The average molecular weight is 556 g/mol. The van der Waals surface area contributed by atoms with Gasteiger partial charge in [0.2, 0.25) is 0 Å². The number of guanidine groups is 1. The zero-order valence-electron chi connectivity index (χ0n) is 20.0. The maximum absolute atomic E-state index is 12.4. The van der Waals surface area contributed by atoms with E-state index in [2.05, 4.69) is 34.6 Å². The smallest absolute Gasteiger partial charge is 0.253 e. The van der Waals surface area contributed by atoms with Crippen molar-refractivity contribution in [1.29, 1.82) is 0 Å². The highest BCUT2D eigenvalue weighted by Gasteiger charge is 2.14. The Morgan fingerprint density at radius 2 is 1.72 bits per heavy atom. The van der Waals surface area contributed by atoms with Gasteiger partial charge in [0.1, 0.15) is 0 Å². The largest absolute Gasteiger partial charge is 0.359 e. The number of halogens is 1. The number of amides is 1. The molecular weight excluding hydrogens is 517 g/mol. The highest BCUT2D eigenvalue weighted by Crippen LogP contribution is 2.22. The zero-order chi connectivity index (χ0) is 22.6. The molecule has 1 aromatic carbocycles. The Hall–Kier alpha value is -2.10. The molecule has 7 nitrogen and oxygen atoms in total. The minimum Gasteiger partial charge on any atom is -0.359 e. The van der Waals surface area contributed by atoms with Gasteiger partial charge in [-0.15, -0.1) is 24.0 Å². The molecule has 0 bridgehead atoms. The average Bonchev–Trinajstić information content (AvgIpc) is 3.26. The van der Waals surface area contributed by atoms with Crippen molar-refractivity contribution in [3.8, 4) is 0 Å². The summed E-state index contributed by atoms with van der Waals surface area (Å²) in [6, 6.07) is 9.70. The Morgan fingerprint density at radius 1 is 1.06 bits per heavy atom. The van der Waals surface area contributed by atoms with Crippen LogP contribution in [-0.4, -0.2) is 41.6 Å². The van der Waals surface area contributed by atoms with Gasteiger partial charge in [-0.05, 0) is 51.3 Å². The maximum Gasteiger partial charge on any atom is 0.253 e. The Labute approximate surface area is 209 Å². The molecule has 0 radical (unpaired) electrons. The lowest BCUT2D eigenvalue weighted by atomic mass is 9.99. The number of aromatic nitrogens is 1. The molecule has 1 amide bonds. The lowest BCUT2D eigenvalue weighted by Crippen LogP contribution is -2.36. The van der Waals surface area contributed by atoms with Crippen molar-refractivity contribution in [2.75, 3.05) is 19.6 Å². The number of rotatable bonds is 11. The zero-order valence-corrected chi connectivity index (χ0v) is 22.3. The minimum absolute atomic E-state index is 0. The van der Waals surface area contributed by atoms with E-state index in [9.17, 15) is 4.79 Å². The van der Waals surface area contributed by atoms with Crippen LogP contribution in [0.3, 0.4) is 0 Å². The summed E-state index contributed by atoms with van der Waals surface area (Å²) in [4.78, 5) is 18.9. The van der Waals surface area contributed by atoms with Crippen LogP contribution in [0.2, 0.25) is 0 Å². The normalized spacial score (nSPS) is 11.2. The SMILES string of the molecule is CCNC(=NCc1ccc(C(=O)N(CC)CC)cc1)NCc1cc(C(CC)CC)no1.I. The summed E-state index contributed by atoms with van der Waals surface area (Å²) < 4.78 is 5.48. The van der Waals surface area contributed by atoms with E-state index in [0.717, 1.165) is 36.4 Å². The van der Waals surface area contributed by atoms with Gasteiger partial charge >= 0.3 is 0 Å². The van der Waals surface area contributed by atoms with Crippen molar-refractivity contribution in [2.45, 2.75) is 66.5 Å². The first-order chi connectivity index (χ1) is 15.1. The van der Waals surface area contributed by atoms with Gasteiger partial charge < -0.3 is 20.1 Å².